The predicted octanol–water partition coefficient (Wildman–Crippen LogP) is 3.42. The smallest absolute Gasteiger partial charge is 0.229 e. The van der Waals surface area contributed by atoms with Gasteiger partial charge in [0.15, 0.2) is 4.96 Å². The van der Waals surface area contributed by atoms with Crippen LogP contribution in [-0.4, -0.2) is 31.3 Å². The molecule has 6 heteroatoms. The van der Waals surface area contributed by atoms with Crippen molar-refractivity contribution in [1.29, 1.82) is 0 Å². The van der Waals surface area contributed by atoms with Crippen LogP contribution in [0.4, 0.5) is 0 Å². The summed E-state index contributed by atoms with van der Waals surface area (Å²) in [6.07, 6.45) is 10.9. The van der Waals surface area contributed by atoms with Crippen molar-refractivity contribution in [3.05, 3.63) is 47.5 Å². The SMILES string of the molecule is Cn1cccc1[C@@H]1CCCCCN1C(=O)Cc1cn2ccsc2n1. The van der Waals surface area contributed by atoms with Gasteiger partial charge in [-0.1, -0.05) is 12.8 Å². The fraction of sp³-hybridized carbons (Fsp3) is 0.444. The maximum absolute atomic E-state index is 13.0. The van der Waals surface area contributed by atoms with E-state index in [1.54, 1.807) is 11.3 Å². The molecule has 0 aromatic carbocycles. The van der Waals surface area contributed by atoms with Crippen LogP contribution in [0.5, 0.6) is 0 Å². The topological polar surface area (TPSA) is 42.5 Å². The second-order valence-electron chi connectivity index (χ2n) is 6.50. The van der Waals surface area contributed by atoms with E-state index < -0.39 is 0 Å². The van der Waals surface area contributed by atoms with Crippen molar-refractivity contribution in [2.45, 2.75) is 38.1 Å². The van der Waals surface area contributed by atoms with E-state index in [-0.39, 0.29) is 11.9 Å². The summed E-state index contributed by atoms with van der Waals surface area (Å²) in [6.45, 7) is 0.844. The maximum atomic E-state index is 13.0. The van der Waals surface area contributed by atoms with Gasteiger partial charge < -0.3 is 9.47 Å². The molecule has 0 aliphatic carbocycles. The summed E-state index contributed by atoms with van der Waals surface area (Å²) in [5.41, 5.74) is 2.10. The first-order valence-corrected chi connectivity index (χ1v) is 9.42. The highest BCUT2D eigenvalue weighted by Gasteiger charge is 2.28. The number of amides is 1. The van der Waals surface area contributed by atoms with E-state index in [4.69, 9.17) is 0 Å². The lowest BCUT2D eigenvalue weighted by Crippen LogP contribution is -2.36. The average Bonchev–Trinajstić information content (AvgIpc) is 3.20. The molecule has 3 aromatic heterocycles. The lowest BCUT2D eigenvalue weighted by atomic mass is 10.1. The molecule has 24 heavy (non-hydrogen) atoms. The summed E-state index contributed by atoms with van der Waals surface area (Å²) in [4.78, 5) is 20.6. The standard InChI is InChI=1S/C18H22N4OS/c1-20-8-5-7-15(20)16-6-3-2-4-9-22(16)17(23)12-14-13-21-10-11-24-18(21)19-14/h5,7-8,10-11,13,16H,2-4,6,9,12H2,1H3/t16-/m0/s1. The zero-order valence-corrected chi connectivity index (χ0v) is 14.7. The van der Waals surface area contributed by atoms with Crippen molar-refractivity contribution in [3.8, 4) is 0 Å². The van der Waals surface area contributed by atoms with Crippen LogP contribution in [0.1, 0.15) is 43.1 Å². The maximum Gasteiger partial charge on any atom is 0.229 e. The minimum absolute atomic E-state index is 0.184. The molecule has 0 radical (unpaired) electrons. The summed E-state index contributed by atoms with van der Waals surface area (Å²) in [5.74, 6) is 0.189. The fourth-order valence-electron chi connectivity index (χ4n) is 3.65. The highest BCUT2D eigenvalue weighted by Crippen LogP contribution is 2.30. The third kappa shape index (κ3) is 2.86. The molecule has 0 bridgehead atoms. The minimum Gasteiger partial charge on any atom is -0.353 e. The molecule has 3 aromatic rings. The quantitative estimate of drug-likeness (QED) is 0.732. The second-order valence-corrected chi connectivity index (χ2v) is 7.37. The van der Waals surface area contributed by atoms with Crippen molar-refractivity contribution in [3.63, 3.8) is 0 Å². The summed E-state index contributed by atoms with van der Waals surface area (Å²) >= 11 is 1.60. The van der Waals surface area contributed by atoms with Gasteiger partial charge in [0.1, 0.15) is 0 Å². The van der Waals surface area contributed by atoms with Gasteiger partial charge in [0.2, 0.25) is 5.91 Å². The number of rotatable bonds is 3. The molecule has 4 heterocycles. The van der Waals surface area contributed by atoms with Crippen LogP contribution in [0.15, 0.2) is 36.1 Å². The third-order valence-electron chi connectivity index (χ3n) is 4.87. The van der Waals surface area contributed by atoms with Gasteiger partial charge in [0, 0.05) is 43.3 Å². The highest BCUT2D eigenvalue weighted by molar-refractivity contribution is 7.15. The Morgan fingerprint density at radius 1 is 1.33 bits per heavy atom. The molecule has 0 unspecified atom stereocenters. The Bertz CT molecular complexity index is 818. The van der Waals surface area contributed by atoms with E-state index in [1.807, 2.05) is 22.2 Å². The zero-order valence-electron chi connectivity index (χ0n) is 13.9. The molecule has 0 saturated carbocycles. The largest absolute Gasteiger partial charge is 0.353 e. The van der Waals surface area contributed by atoms with E-state index in [1.165, 1.54) is 18.5 Å². The molecular formula is C18H22N4OS. The predicted molar refractivity (Wildman–Crippen MR) is 95.1 cm³/mol. The number of nitrogens with zero attached hydrogens (tertiary/aromatic N) is 4. The van der Waals surface area contributed by atoms with Crippen LogP contribution in [-0.2, 0) is 18.3 Å². The van der Waals surface area contributed by atoms with E-state index in [0.29, 0.717) is 6.42 Å². The molecule has 126 valence electrons. The average molecular weight is 342 g/mol. The normalized spacial score (nSPS) is 18.9. The monoisotopic (exact) mass is 342 g/mol. The molecule has 1 amide bonds. The molecule has 4 rings (SSSR count). The van der Waals surface area contributed by atoms with Gasteiger partial charge in [-0.15, -0.1) is 11.3 Å². The molecule has 1 fully saturated rings. The summed E-state index contributed by atoms with van der Waals surface area (Å²) in [7, 11) is 2.06. The van der Waals surface area contributed by atoms with Crippen molar-refractivity contribution in [1.82, 2.24) is 18.9 Å². The molecule has 0 N–H and O–H groups in total. The number of imidazole rings is 1. The van der Waals surface area contributed by atoms with Gasteiger partial charge in [-0.3, -0.25) is 9.20 Å². The van der Waals surface area contributed by atoms with Crippen LogP contribution in [0.3, 0.4) is 0 Å². The number of fused-ring (bicyclic) bond motifs is 1. The van der Waals surface area contributed by atoms with Gasteiger partial charge in [0.25, 0.3) is 0 Å². The third-order valence-corrected chi connectivity index (χ3v) is 5.64. The lowest BCUT2D eigenvalue weighted by molar-refractivity contribution is -0.133. The molecule has 1 atom stereocenters. The summed E-state index contributed by atoms with van der Waals surface area (Å²) < 4.78 is 4.13. The lowest BCUT2D eigenvalue weighted by Gasteiger charge is -2.30. The van der Waals surface area contributed by atoms with Crippen LogP contribution in [0.2, 0.25) is 0 Å². The first-order chi connectivity index (χ1) is 11.7. The molecule has 5 nitrogen and oxygen atoms in total. The van der Waals surface area contributed by atoms with Crippen molar-refractivity contribution >= 4 is 22.2 Å². The number of thiazole rings is 1. The van der Waals surface area contributed by atoms with E-state index in [9.17, 15) is 4.79 Å². The molecule has 1 aliphatic rings. The van der Waals surface area contributed by atoms with Crippen molar-refractivity contribution < 1.29 is 4.79 Å². The van der Waals surface area contributed by atoms with Gasteiger partial charge in [0.05, 0.1) is 18.2 Å². The number of carbonyl (C=O) groups excluding carboxylic acids is 1. The fourth-order valence-corrected chi connectivity index (χ4v) is 4.37. The Morgan fingerprint density at radius 2 is 2.25 bits per heavy atom. The molecule has 1 aliphatic heterocycles. The van der Waals surface area contributed by atoms with E-state index in [0.717, 1.165) is 30.0 Å². The number of aryl methyl sites for hydroxylation is 1. The Labute approximate surface area is 145 Å². The Hall–Kier alpha value is -2.08. The molecule has 1 saturated heterocycles. The van der Waals surface area contributed by atoms with Gasteiger partial charge in [-0.05, 0) is 25.0 Å². The first kappa shape index (κ1) is 15.4. The van der Waals surface area contributed by atoms with Gasteiger partial charge in [-0.25, -0.2) is 4.98 Å². The Kier molecular flexibility index (Phi) is 4.14. The van der Waals surface area contributed by atoms with Crippen LogP contribution < -0.4 is 0 Å². The number of likely N-dealkylation sites (tertiary alicyclic amines) is 1. The van der Waals surface area contributed by atoms with E-state index in [2.05, 4.69) is 39.8 Å². The van der Waals surface area contributed by atoms with Crippen LogP contribution in [0.25, 0.3) is 4.96 Å². The number of hydrogen-bond acceptors (Lipinski definition) is 3. The highest BCUT2D eigenvalue weighted by atomic mass is 32.1. The van der Waals surface area contributed by atoms with Gasteiger partial charge in [-0.2, -0.15) is 0 Å². The van der Waals surface area contributed by atoms with Crippen LogP contribution >= 0.6 is 11.3 Å². The number of aromatic nitrogens is 3. The second kappa shape index (κ2) is 6.43. The summed E-state index contributed by atoms with van der Waals surface area (Å²) in [5, 5.41) is 2.01. The Morgan fingerprint density at radius 3 is 3.04 bits per heavy atom. The van der Waals surface area contributed by atoms with Crippen molar-refractivity contribution in [2.75, 3.05) is 6.54 Å². The van der Waals surface area contributed by atoms with E-state index >= 15 is 0 Å². The zero-order chi connectivity index (χ0) is 16.5. The van der Waals surface area contributed by atoms with Crippen molar-refractivity contribution in [2.24, 2.45) is 7.05 Å². The summed E-state index contributed by atoms with van der Waals surface area (Å²) in [6, 6.07) is 4.39. The first-order valence-electron chi connectivity index (χ1n) is 8.54. The molecular weight excluding hydrogens is 320 g/mol. The number of carbonyl (C=O) groups is 1. The Balaban J connectivity index is 1.57. The van der Waals surface area contributed by atoms with Gasteiger partial charge >= 0.3 is 0 Å². The minimum atomic E-state index is 0.184. The number of hydrogen-bond donors (Lipinski definition) is 0. The van der Waals surface area contributed by atoms with Crippen LogP contribution in [0, 0.1) is 0 Å². The molecule has 0 spiro atoms.